The van der Waals surface area contributed by atoms with Crippen molar-refractivity contribution in [3.8, 4) is 0 Å². The van der Waals surface area contributed by atoms with E-state index in [-0.39, 0.29) is 18.4 Å². The van der Waals surface area contributed by atoms with Gasteiger partial charge in [-0.2, -0.15) is 0 Å². The Hall–Kier alpha value is -0.280. The number of piperidine rings is 1. The SMILES string of the molecule is CN(CC1CCC1)C(=O)[C@H]1CCCCN1.Cl. The summed E-state index contributed by atoms with van der Waals surface area (Å²) in [5.41, 5.74) is 0. The summed E-state index contributed by atoms with van der Waals surface area (Å²) in [6, 6.07) is 0.101. The van der Waals surface area contributed by atoms with Crippen LogP contribution in [0, 0.1) is 5.92 Å². The lowest BCUT2D eigenvalue weighted by Crippen LogP contribution is -2.48. The molecule has 4 heteroatoms. The molecule has 2 fully saturated rings. The Morgan fingerprint density at radius 1 is 1.25 bits per heavy atom. The number of likely N-dealkylation sites (N-methyl/N-ethyl adjacent to an activating group) is 1. The quantitative estimate of drug-likeness (QED) is 0.824. The minimum absolute atomic E-state index is 0. The first-order valence-corrected chi connectivity index (χ1v) is 6.26. The molecule has 1 atom stereocenters. The van der Waals surface area contributed by atoms with Gasteiger partial charge >= 0.3 is 0 Å². The van der Waals surface area contributed by atoms with Crippen molar-refractivity contribution in [2.45, 2.75) is 44.6 Å². The predicted octanol–water partition coefficient (Wildman–Crippen LogP) is 1.81. The number of hydrogen-bond acceptors (Lipinski definition) is 2. The van der Waals surface area contributed by atoms with E-state index in [4.69, 9.17) is 0 Å². The summed E-state index contributed by atoms with van der Waals surface area (Å²) in [6.07, 6.45) is 7.42. The van der Waals surface area contributed by atoms with Gasteiger partial charge in [-0.25, -0.2) is 0 Å². The van der Waals surface area contributed by atoms with Gasteiger partial charge in [-0.3, -0.25) is 4.79 Å². The van der Waals surface area contributed by atoms with Crippen LogP contribution in [0.1, 0.15) is 38.5 Å². The fourth-order valence-electron chi connectivity index (χ4n) is 2.48. The van der Waals surface area contributed by atoms with Gasteiger partial charge < -0.3 is 10.2 Å². The molecule has 2 aliphatic rings. The first-order chi connectivity index (χ1) is 7.27. The number of carbonyl (C=O) groups is 1. The van der Waals surface area contributed by atoms with Crippen LogP contribution in [0.15, 0.2) is 0 Å². The lowest BCUT2D eigenvalue weighted by molar-refractivity contribution is -0.133. The van der Waals surface area contributed by atoms with Crippen molar-refractivity contribution in [3.63, 3.8) is 0 Å². The van der Waals surface area contributed by atoms with E-state index in [1.807, 2.05) is 11.9 Å². The van der Waals surface area contributed by atoms with E-state index in [0.29, 0.717) is 5.91 Å². The van der Waals surface area contributed by atoms with Crippen molar-refractivity contribution in [1.82, 2.24) is 10.2 Å². The van der Waals surface area contributed by atoms with E-state index in [1.165, 1.54) is 32.1 Å². The molecule has 1 heterocycles. The van der Waals surface area contributed by atoms with Crippen molar-refractivity contribution < 1.29 is 4.79 Å². The third kappa shape index (κ3) is 3.36. The Bertz CT molecular complexity index is 225. The first kappa shape index (κ1) is 13.8. The maximum Gasteiger partial charge on any atom is 0.239 e. The summed E-state index contributed by atoms with van der Waals surface area (Å²) in [4.78, 5) is 14.0. The zero-order valence-corrected chi connectivity index (χ0v) is 10.9. The number of nitrogens with one attached hydrogen (secondary N) is 1. The molecule has 0 bridgehead atoms. The second kappa shape index (κ2) is 6.45. The first-order valence-electron chi connectivity index (χ1n) is 6.26. The molecule has 1 aliphatic heterocycles. The molecule has 0 radical (unpaired) electrons. The summed E-state index contributed by atoms with van der Waals surface area (Å²) in [6.45, 7) is 1.98. The van der Waals surface area contributed by atoms with Gasteiger partial charge in [-0.15, -0.1) is 12.4 Å². The summed E-state index contributed by atoms with van der Waals surface area (Å²) in [5, 5.41) is 3.32. The van der Waals surface area contributed by atoms with E-state index in [2.05, 4.69) is 5.32 Å². The third-order valence-corrected chi connectivity index (χ3v) is 3.74. The molecule has 0 aromatic rings. The fourth-order valence-corrected chi connectivity index (χ4v) is 2.48. The van der Waals surface area contributed by atoms with E-state index < -0.39 is 0 Å². The van der Waals surface area contributed by atoms with Gasteiger partial charge in [-0.1, -0.05) is 12.8 Å². The molecule has 94 valence electrons. The molecule has 0 aromatic heterocycles. The molecular formula is C12H23ClN2O. The molecule has 0 aromatic carbocycles. The van der Waals surface area contributed by atoms with Gasteiger partial charge in [0.2, 0.25) is 5.91 Å². The maximum atomic E-state index is 12.0. The topological polar surface area (TPSA) is 32.3 Å². The Kier molecular flexibility index (Phi) is 5.56. The summed E-state index contributed by atoms with van der Waals surface area (Å²) in [7, 11) is 1.96. The Balaban J connectivity index is 0.00000128. The van der Waals surface area contributed by atoms with Crippen LogP contribution in [0.3, 0.4) is 0 Å². The molecule has 0 spiro atoms. The highest BCUT2D eigenvalue weighted by Crippen LogP contribution is 2.27. The molecule has 1 aliphatic carbocycles. The number of hydrogen-bond donors (Lipinski definition) is 1. The lowest BCUT2D eigenvalue weighted by Gasteiger charge is -2.33. The molecule has 1 amide bonds. The zero-order valence-electron chi connectivity index (χ0n) is 10.1. The number of halogens is 1. The standard InChI is InChI=1S/C12H22N2O.ClH/c1-14(9-10-5-4-6-10)12(15)11-7-2-3-8-13-11;/h10-11,13H,2-9H2,1H3;1H/t11-;/m1./s1. The van der Waals surface area contributed by atoms with Gasteiger partial charge in [0, 0.05) is 13.6 Å². The summed E-state index contributed by atoms with van der Waals surface area (Å²) >= 11 is 0. The van der Waals surface area contributed by atoms with Gasteiger partial charge in [-0.05, 0) is 38.1 Å². The number of amides is 1. The molecule has 1 saturated carbocycles. The normalized spacial score (nSPS) is 25.4. The minimum Gasteiger partial charge on any atom is -0.344 e. The maximum absolute atomic E-state index is 12.0. The van der Waals surface area contributed by atoms with E-state index in [9.17, 15) is 4.79 Å². The Labute approximate surface area is 104 Å². The zero-order chi connectivity index (χ0) is 10.7. The van der Waals surface area contributed by atoms with Crippen LogP contribution in [0.2, 0.25) is 0 Å². The number of nitrogens with zero attached hydrogens (tertiary/aromatic N) is 1. The van der Waals surface area contributed by atoms with E-state index in [0.717, 1.165) is 25.4 Å². The van der Waals surface area contributed by atoms with Gasteiger partial charge in [0.25, 0.3) is 0 Å². The van der Waals surface area contributed by atoms with Crippen molar-refractivity contribution in [1.29, 1.82) is 0 Å². The van der Waals surface area contributed by atoms with Crippen LogP contribution in [0.4, 0.5) is 0 Å². The largest absolute Gasteiger partial charge is 0.344 e. The van der Waals surface area contributed by atoms with Crippen molar-refractivity contribution in [2.75, 3.05) is 20.1 Å². The highest BCUT2D eigenvalue weighted by atomic mass is 35.5. The molecule has 16 heavy (non-hydrogen) atoms. The third-order valence-electron chi connectivity index (χ3n) is 3.74. The van der Waals surface area contributed by atoms with Crippen molar-refractivity contribution >= 4 is 18.3 Å². The molecule has 1 N–H and O–H groups in total. The molecule has 0 unspecified atom stereocenters. The van der Waals surface area contributed by atoms with Gasteiger partial charge in [0.05, 0.1) is 6.04 Å². The minimum atomic E-state index is 0. The lowest BCUT2D eigenvalue weighted by atomic mass is 9.85. The average molecular weight is 247 g/mol. The van der Waals surface area contributed by atoms with E-state index in [1.54, 1.807) is 0 Å². The second-order valence-corrected chi connectivity index (χ2v) is 5.02. The molecule has 2 rings (SSSR count). The Morgan fingerprint density at radius 2 is 2.00 bits per heavy atom. The van der Waals surface area contributed by atoms with Crippen LogP contribution in [-0.2, 0) is 4.79 Å². The van der Waals surface area contributed by atoms with Crippen molar-refractivity contribution in [2.24, 2.45) is 5.92 Å². The highest BCUT2D eigenvalue weighted by molar-refractivity contribution is 5.85. The number of rotatable bonds is 3. The summed E-state index contributed by atoms with van der Waals surface area (Å²) < 4.78 is 0. The van der Waals surface area contributed by atoms with Crippen LogP contribution in [-0.4, -0.2) is 37.0 Å². The monoisotopic (exact) mass is 246 g/mol. The molecular weight excluding hydrogens is 224 g/mol. The predicted molar refractivity (Wildman–Crippen MR) is 67.9 cm³/mol. The second-order valence-electron chi connectivity index (χ2n) is 5.02. The Morgan fingerprint density at radius 3 is 2.50 bits per heavy atom. The van der Waals surface area contributed by atoms with E-state index >= 15 is 0 Å². The number of carbonyl (C=O) groups excluding carboxylic acids is 1. The molecule has 3 nitrogen and oxygen atoms in total. The highest BCUT2D eigenvalue weighted by Gasteiger charge is 2.26. The van der Waals surface area contributed by atoms with Crippen LogP contribution in [0.5, 0.6) is 0 Å². The average Bonchev–Trinajstić information content (AvgIpc) is 2.23. The van der Waals surface area contributed by atoms with Gasteiger partial charge in [0.15, 0.2) is 0 Å². The fraction of sp³-hybridized carbons (Fsp3) is 0.917. The van der Waals surface area contributed by atoms with Crippen molar-refractivity contribution in [3.05, 3.63) is 0 Å². The van der Waals surface area contributed by atoms with Crippen LogP contribution < -0.4 is 5.32 Å². The van der Waals surface area contributed by atoms with Crippen LogP contribution in [0.25, 0.3) is 0 Å². The summed E-state index contributed by atoms with van der Waals surface area (Å²) in [5.74, 6) is 1.09. The van der Waals surface area contributed by atoms with Gasteiger partial charge in [0.1, 0.15) is 0 Å². The molecule has 1 saturated heterocycles. The smallest absolute Gasteiger partial charge is 0.239 e. The van der Waals surface area contributed by atoms with Crippen LogP contribution >= 0.6 is 12.4 Å².